The van der Waals surface area contributed by atoms with Crippen LogP contribution in [0.3, 0.4) is 0 Å². The van der Waals surface area contributed by atoms with Crippen LogP contribution in [0.1, 0.15) is 55.0 Å². The third-order valence-corrected chi connectivity index (χ3v) is 7.23. The van der Waals surface area contributed by atoms with Crippen LogP contribution in [-0.4, -0.2) is 44.3 Å². The van der Waals surface area contributed by atoms with Gasteiger partial charge in [-0.05, 0) is 61.6 Å². The third kappa shape index (κ3) is 5.74. The van der Waals surface area contributed by atoms with Crippen molar-refractivity contribution in [2.75, 3.05) is 6.54 Å². The molecular weight excluding hydrogens is 466 g/mol. The summed E-state index contributed by atoms with van der Waals surface area (Å²) in [5.74, 6) is 0.0303. The van der Waals surface area contributed by atoms with Gasteiger partial charge in [0.15, 0.2) is 6.04 Å². The van der Waals surface area contributed by atoms with Gasteiger partial charge in [-0.15, -0.1) is 5.10 Å². The van der Waals surface area contributed by atoms with Crippen LogP contribution in [0.5, 0.6) is 0 Å². The highest BCUT2D eigenvalue weighted by atomic mass is 16.3. The van der Waals surface area contributed by atoms with Crippen LogP contribution in [0, 0.1) is 6.92 Å². The van der Waals surface area contributed by atoms with Crippen molar-refractivity contribution in [1.29, 1.82) is 0 Å². The molecule has 2 heterocycles. The van der Waals surface area contributed by atoms with E-state index in [0.717, 1.165) is 47.8 Å². The number of carbonyl (C=O) groups excluding carboxylic acids is 2. The smallest absolute Gasteiger partial charge is 0.250 e. The van der Waals surface area contributed by atoms with Crippen molar-refractivity contribution in [3.05, 3.63) is 83.8 Å². The Balaban J connectivity index is 1.45. The monoisotopic (exact) mass is 499 g/mol. The van der Waals surface area contributed by atoms with E-state index in [9.17, 15) is 9.59 Å². The minimum atomic E-state index is -0.872. The van der Waals surface area contributed by atoms with Crippen molar-refractivity contribution in [1.82, 2.24) is 25.2 Å². The predicted molar refractivity (Wildman–Crippen MR) is 141 cm³/mol. The average molecular weight is 500 g/mol. The molecule has 2 aromatic heterocycles. The normalized spacial score (nSPS) is 14.9. The summed E-state index contributed by atoms with van der Waals surface area (Å²) in [5.41, 5.74) is 3.78. The highest BCUT2D eigenvalue weighted by Crippen LogP contribution is 2.26. The molecule has 1 saturated carbocycles. The van der Waals surface area contributed by atoms with E-state index >= 15 is 0 Å². The molecule has 1 aliphatic rings. The summed E-state index contributed by atoms with van der Waals surface area (Å²) < 4.78 is 7.32. The maximum absolute atomic E-state index is 13.9. The van der Waals surface area contributed by atoms with Crippen LogP contribution in [0.25, 0.3) is 11.0 Å². The molecule has 1 aliphatic carbocycles. The van der Waals surface area contributed by atoms with Gasteiger partial charge >= 0.3 is 0 Å². The second-order valence-electron chi connectivity index (χ2n) is 9.76. The molecule has 8 nitrogen and oxygen atoms in total. The summed E-state index contributed by atoms with van der Waals surface area (Å²) in [6.07, 6.45) is 7.48. The zero-order chi connectivity index (χ0) is 25.6. The van der Waals surface area contributed by atoms with Gasteiger partial charge in [-0.3, -0.25) is 9.59 Å². The Morgan fingerprint density at radius 1 is 1.05 bits per heavy atom. The van der Waals surface area contributed by atoms with Crippen molar-refractivity contribution >= 4 is 22.8 Å². The van der Waals surface area contributed by atoms with Crippen LogP contribution in [0.15, 0.2) is 71.3 Å². The second kappa shape index (κ2) is 11.4. The fourth-order valence-electron chi connectivity index (χ4n) is 5.18. The van der Waals surface area contributed by atoms with E-state index in [1.54, 1.807) is 28.0 Å². The number of aryl methyl sites for hydroxylation is 1. The van der Waals surface area contributed by atoms with Gasteiger partial charge in [-0.25, -0.2) is 4.68 Å². The molecule has 1 atom stereocenters. The number of nitrogens with zero attached hydrogens (tertiary/aromatic N) is 4. The molecule has 4 aromatic rings. The molecule has 37 heavy (non-hydrogen) atoms. The van der Waals surface area contributed by atoms with Gasteiger partial charge in [0.1, 0.15) is 17.8 Å². The maximum atomic E-state index is 13.9. The molecule has 1 unspecified atom stereocenters. The van der Waals surface area contributed by atoms with E-state index < -0.39 is 6.04 Å². The Morgan fingerprint density at radius 2 is 1.84 bits per heavy atom. The van der Waals surface area contributed by atoms with E-state index in [1.165, 1.54) is 6.42 Å². The average Bonchev–Trinajstić information content (AvgIpc) is 3.58. The summed E-state index contributed by atoms with van der Waals surface area (Å²) >= 11 is 0. The molecule has 0 radical (unpaired) electrons. The lowest BCUT2D eigenvalue weighted by Crippen LogP contribution is -2.48. The Hall–Kier alpha value is -3.94. The fourth-order valence-corrected chi connectivity index (χ4v) is 5.18. The lowest BCUT2D eigenvalue weighted by atomic mass is 9.95. The quantitative estimate of drug-likeness (QED) is 0.363. The molecule has 192 valence electrons. The number of fused-ring (bicyclic) bond motifs is 1. The summed E-state index contributed by atoms with van der Waals surface area (Å²) in [6.45, 7) is 2.39. The minimum absolute atomic E-state index is 0.0256. The van der Waals surface area contributed by atoms with Gasteiger partial charge in [0, 0.05) is 12.6 Å². The number of aromatic nitrogens is 3. The molecule has 1 N–H and O–H groups in total. The van der Waals surface area contributed by atoms with Gasteiger partial charge in [0.2, 0.25) is 5.91 Å². The molecule has 0 saturated heterocycles. The number of rotatable bonds is 9. The summed E-state index contributed by atoms with van der Waals surface area (Å²) in [7, 11) is 0. The van der Waals surface area contributed by atoms with Gasteiger partial charge in [0.25, 0.3) is 5.91 Å². The molecule has 8 heteroatoms. The largest absolute Gasteiger partial charge is 0.467 e. The Bertz CT molecular complexity index is 1340. The van der Waals surface area contributed by atoms with Crippen molar-refractivity contribution in [2.45, 2.75) is 64.1 Å². The summed E-state index contributed by atoms with van der Waals surface area (Å²) in [6, 6.07) is 18.4. The Labute approximate surface area is 216 Å². The molecule has 0 aliphatic heterocycles. The molecule has 0 bridgehead atoms. The lowest BCUT2D eigenvalue weighted by Gasteiger charge is -2.32. The van der Waals surface area contributed by atoms with Crippen LogP contribution in [0.4, 0.5) is 0 Å². The number of hydrogen-bond donors (Lipinski definition) is 1. The number of benzene rings is 2. The van der Waals surface area contributed by atoms with Gasteiger partial charge < -0.3 is 14.6 Å². The number of amides is 2. The van der Waals surface area contributed by atoms with Crippen molar-refractivity contribution < 1.29 is 14.0 Å². The van der Waals surface area contributed by atoms with E-state index in [0.29, 0.717) is 18.7 Å². The van der Waals surface area contributed by atoms with Crippen molar-refractivity contribution in [3.63, 3.8) is 0 Å². The lowest BCUT2D eigenvalue weighted by molar-refractivity contribution is -0.142. The van der Waals surface area contributed by atoms with Crippen molar-refractivity contribution in [3.8, 4) is 0 Å². The van der Waals surface area contributed by atoms with Gasteiger partial charge in [-0.1, -0.05) is 60.9 Å². The first kappa shape index (κ1) is 24.7. The molecule has 5 rings (SSSR count). The number of furan rings is 1. The first-order valence-corrected chi connectivity index (χ1v) is 13.1. The minimum Gasteiger partial charge on any atom is -0.467 e. The van der Waals surface area contributed by atoms with E-state index in [4.69, 9.17) is 4.42 Å². The number of nitrogens with one attached hydrogen (secondary N) is 1. The maximum Gasteiger partial charge on any atom is 0.250 e. The van der Waals surface area contributed by atoms with Gasteiger partial charge in [0.05, 0.1) is 11.8 Å². The standard InChI is InChI=1S/C29H33N5O3/c1-21-10-5-6-11-22(21)17-18-33(27(35)20-34-25-15-8-7-14-24(25)31-32-34)28(26-16-9-19-37-26)29(36)30-23-12-3-2-4-13-23/h5-11,14-16,19,23,28H,2-4,12-13,17-18,20H2,1H3,(H,30,36). The van der Waals surface area contributed by atoms with E-state index in [2.05, 4.69) is 34.7 Å². The summed E-state index contributed by atoms with van der Waals surface area (Å²) in [5, 5.41) is 11.6. The molecule has 1 fully saturated rings. The first-order valence-electron chi connectivity index (χ1n) is 13.1. The van der Waals surface area contributed by atoms with E-state index in [-0.39, 0.29) is 24.4 Å². The molecule has 2 amide bonds. The zero-order valence-electron chi connectivity index (χ0n) is 21.2. The summed E-state index contributed by atoms with van der Waals surface area (Å²) in [4.78, 5) is 29.3. The van der Waals surface area contributed by atoms with E-state index in [1.807, 2.05) is 36.4 Å². The molecule has 2 aromatic carbocycles. The van der Waals surface area contributed by atoms with Crippen LogP contribution in [-0.2, 0) is 22.6 Å². The highest BCUT2D eigenvalue weighted by molar-refractivity contribution is 5.89. The van der Waals surface area contributed by atoms with Crippen LogP contribution >= 0.6 is 0 Å². The van der Waals surface area contributed by atoms with Crippen LogP contribution < -0.4 is 5.32 Å². The Morgan fingerprint density at radius 3 is 2.62 bits per heavy atom. The SMILES string of the molecule is Cc1ccccc1CCN(C(=O)Cn1nnc2ccccc21)C(C(=O)NC1CCCCC1)c1ccco1. The Kier molecular flexibility index (Phi) is 7.63. The number of carbonyl (C=O) groups is 2. The fraction of sp³-hybridized carbons (Fsp3) is 0.379. The highest BCUT2D eigenvalue weighted by Gasteiger charge is 2.35. The topological polar surface area (TPSA) is 93.3 Å². The molecule has 0 spiro atoms. The second-order valence-corrected chi connectivity index (χ2v) is 9.76. The first-order chi connectivity index (χ1) is 18.1. The van der Waals surface area contributed by atoms with Gasteiger partial charge in [-0.2, -0.15) is 0 Å². The number of para-hydroxylation sites is 1. The third-order valence-electron chi connectivity index (χ3n) is 7.23. The van der Waals surface area contributed by atoms with Crippen molar-refractivity contribution in [2.24, 2.45) is 0 Å². The zero-order valence-corrected chi connectivity index (χ0v) is 21.2. The predicted octanol–water partition coefficient (Wildman–Crippen LogP) is 4.59. The number of hydrogen-bond acceptors (Lipinski definition) is 5. The molecular formula is C29H33N5O3. The van der Waals surface area contributed by atoms with Crippen LogP contribution in [0.2, 0.25) is 0 Å².